The molecule has 0 aliphatic carbocycles. The van der Waals surface area contributed by atoms with Gasteiger partial charge in [-0.2, -0.15) is 0 Å². The molecule has 29 heavy (non-hydrogen) atoms. The minimum absolute atomic E-state index is 0.0570. The van der Waals surface area contributed by atoms with E-state index in [4.69, 9.17) is 0 Å². The van der Waals surface area contributed by atoms with E-state index in [1.165, 1.54) is 17.3 Å². The van der Waals surface area contributed by atoms with E-state index in [1.54, 1.807) is 0 Å². The first-order valence-corrected chi connectivity index (χ1v) is 10.6. The van der Waals surface area contributed by atoms with Crippen LogP contribution in [0, 0.1) is 13.8 Å². The van der Waals surface area contributed by atoms with Crippen molar-refractivity contribution in [2.24, 2.45) is 0 Å². The molecule has 0 fully saturated rings. The van der Waals surface area contributed by atoms with Gasteiger partial charge < -0.3 is 14.8 Å². The predicted molar refractivity (Wildman–Crippen MR) is 121 cm³/mol. The van der Waals surface area contributed by atoms with Gasteiger partial charge >= 0.3 is 0 Å². The third-order valence-corrected chi connectivity index (χ3v) is 5.61. The molecule has 1 amide bonds. The van der Waals surface area contributed by atoms with Crippen LogP contribution in [-0.2, 0) is 11.3 Å². The van der Waals surface area contributed by atoms with E-state index in [-0.39, 0.29) is 11.7 Å². The molecule has 0 saturated heterocycles. The Morgan fingerprint density at radius 1 is 1.14 bits per heavy atom. The van der Waals surface area contributed by atoms with Crippen LogP contribution in [0.1, 0.15) is 18.1 Å². The molecule has 0 unspecified atom stereocenters. The maximum absolute atomic E-state index is 12.5. The van der Waals surface area contributed by atoms with Crippen LogP contribution in [0.15, 0.2) is 47.6 Å². The number of hydrogen-bond acceptors (Lipinski definition) is 5. The Bertz CT molecular complexity index is 1010. The quantitative estimate of drug-likeness (QED) is 0.587. The van der Waals surface area contributed by atoms with Crippen LogP contribution in [-0.4, -0.2) is 40.5 Å². The number of rotatable bonds is 7. The molecule has 7 heteroatoms. The summed E-state index contributed by atoms with van der Waals surface area (Å²) in [5.41, 5.74) is 5.19. The molecule has 1 heterocycles. The van der Waals surface area contributed by atoms with Crippen molar-refractivity contribution in [2.45, 2.75) is 32.5 Å². The summed E-state index contributed by atoms with van der Waals surface area (Å²) in [4.78, 5) is 14.5. The fourth-order valence-electron chi connectivity index (χ4n) is 3.06. The van der Waals surface area contributed by atoms with Crippen molar-refractivity contribution in [1.82, 2.24) is 14.8 Å². The minimum atomic E-state index is -0.0570. The monoisotopic (exact) mass is 409 g/mol. The molecule has 0 spiro atoms. The lowest BCUT2D eigenvalue weighted by Crippen LogP contribution is -2.16. The topological polar surface area (TPSA) is 63.1 Å². The average Bonchev–Trinajstić information content (AvgIpc) is 3.10. The van der Waals surface area contributed by atoms with Crippen molar-refractivity contribution in [3.8, 4) is 11.4 Å². The molecule has 3 rings (SSSR count). The molecule has 0 radical (unpaired) electrons. The maximum atomic E-state index is 12.5. The SMILES string of the molecule is CCn1c(SCC(=O)Nc2ccc(N(C)C)cc2C)nnc1-c1cccc(C)c1. The number of aromatic nitrogens is 3. The molecular formula is C22H27N5OS. The van der Waals surface area contributed by atoms with Crippen LogP contribution in [0.3, 0.4) is 0 Å². The smallest absolute Gasteiger partial charge is 0.234 e. The van der Waals surface area contributed by atoms with Crippen LogP contribution >= 0.6 is 11.8 Å². The minimum Gasteiger partial charge on any atom is -0.378 e. The van der Waals surface area contributed by atoms with E-state index in [0.717, 1.165) is 40.0 Å². The largest absolute Gasteiger partial charge is 0.378 e. The van der Waals surface area contributed by atoms with Gasteiger partial charge in [0, 0.05) is 37.6 Å². The maximum Gasteiger partial charge on any atom is 0.234 e. The van der Waals surface area contributed by atoms with E-state index in [9.17, 15) is 4.79 Å². The highest BCUT2D eigenvalue weighted by Crippen LogP contribution is 2.25. The van der Waals surface area contributed by atoms with Crippen molar-refractivity contribution in [3.63, 3.8) is 0 Å². The molecule has 3 aromatic rings. The molecule has 152 valence electrons. The van der Waals surface area contributed by atoms with Gasteiger partial charge in [0.15, 0.2) is 11.0 Å². The van der Waals surface area contributed by atoms with Gasteiger partial charge in [0.1, 0.15) is 0 Å². The molecule has 0 aliphatic rings. The lowest BCUT2D eigenvalue weighted by atomic mass is 10.1. The van der Waals surface area contributed by atoms with Crippen LogP contribution in [0.2, 0.25) is 0 Å². The second kappa shape index (κ2) is 9.13. The first-order chi connectivity index (χ1) is 13.9. The Balaban J connectivity index is 1.68. The number of carbonyl (C=O) groups is 1. The lowest BCUT2D eigenvalue weighted by Gasteiger charge is -2.15. The highest BCUT2D eigenvalue weighted by Gasteiger charge is 2.15. The normalized spacial score (nSPS) is 10.8. The van der Waals surface area contributed by atoms with Gasteiger partial charge in [-0.05, 0) is 50.6 Å². The molecule has 2 aromatic carbocycles. The zero-order valence-corrected chi connectivity index (χ0v) is 18.4. The summed E-state index contributed by atoms with van der Waals surface area (Å²) in [5.74, 6) is 1.05. The molecule has 6 nitrogen and oxygen atoms in total. The number of benzene rings is 2. The van der Waals surface area contributed by atoms with Crippen LogP contribution in [0.4, 0.5) is 11.4 Å². The second-order valence-electron chi connectivity index (χ2n) is 7.15. The van der Waals surface area contributed by atoms with E-state index >= 15 is 0 Å². The van der Waals surface area contributed by atoms with Crippen molar-refractivity contribution < 1.29 is 4.79 Å². The predicted octanol–water partition coefficient (Wildman–Crippen LogP) is 4.38. The van der Waals surface area contributed by atoms with Gasteiger partial charge in [0.05, 0.1) is 5.75 Å². The van der Waals surface area contributed by atoms with E-state index in [2.05, 4.69) is 47.6 Å². The van der Waals surface area contributed by atoms with Gasteiger partial charge in [-0.3, -0.25) is 4.79 Å². The second-order valence-corrected chi connectivity index (χ2v) is 8.09. The highest BCUT2D eigenvalue weighted by atomic mass is 32.2. The van der Waals surface area contributed by atoms with Crippen LogP contribution < -0.4 is 10.2 Å². The Morgan fingerprint density at radius 3 is 2.59 bits per heavy atom. The van der Waals surface area contributed by atoms with Crippen molar-refractivity contribution in [2.75, 3.05) is 30.1 Å². The summed E-state index contributed by atoms with van der Waals surface area (Å²) in [7, 11) is 4.00. The van der Waals surface area contributed by atoms with E-state index in [1.807, 2.05) is 54.8 Å². The zero-order valence-electron chi connectivity index (χ0n) is 17.6. The Morgan fingerprint density at radius 2 is 1.93 bits per heavy atom. The van der Waals surface area contributed by atoms with Crippen LogP contribution in [0.25, 0.3) is 11.4 Å². The first-order valence-electron chi connectivity index (χ1n) is 9.60. The summed E-state index contributed by atoms with van der Waals surface area (Å²) >= 11 is 1.40. The third kappa shape index (κ3) is 4.98. The number of aryl methyl sites for hydroxylation is 2. The van der Waals surface area contributed by atoms with Gasteiger partial charge in [0.25, 0.3) is 0 Å². The summed E-state index contributed by atoms with van der Waals surface area (Å²) in [6.07, 6.45) is 0. The summed E-state index contributed by atoms with van der Waals surface area (Å²) in [6, 6.07) is 14.2. The number of hydrogen-bond donors (Lipinski definition) is 1. The van der Waals surface area contributed by atoms with Gasteiger partial charge in [-0.25, -0.2) is 0 Å². The van der Waals surface area contributed by atoms with Crippen LogP contribution in [0.5, 0.6) is 0 Å². The number of nitrogens with zero attached hydrogens (tertiary/aromatic N) is 4. The number of anilines is 2. The molecule has 0 atom stereocenters. The lowest BCUT2D eigenvalue weighted by molar-refractivity contribution is -0.113. The average molecular weight is 410 g/mol. The van der Waals surface area contributed by atoms with Gasteiger partial charge in [-0.1, -0.05) is 35.5 Å². The number of thioether (sulfide) groups is 1. The zero-order chi connectivity index (χ0) is 21.0. The van der Waals surface area contributed by atoms with E-state index in [0.29, 0.717) is 0 Å². The summed E-state index contributed by atoms with van der Waals surface area (Å²) < 4.78 is 2.05. The highest BCUT2D eigenvalue weighted by molar-refractivity contribution is 7.99. The Hall–Kier alpha value is -2.80. The van der Waals surface area contributed by atoms with Crippen molar-refractivity contribution in [1.29, 1.82) is 0 Å². The number of nitrogens with one attached hydrogen (secondary N) is 1. The fraction of sp³-hybridized carbons (Fsp3) is 0.318. The van der Waals surface area contributed by atoms with E-state index < -0.39 is 0 Å². The Kier molecular flexibility index (Phi) is 6.59. The summed E-state index contributed by atoms with van der Waals surface area (Å²) in [6.45, 7) is 6.86. The number of amides is 1. The third-order valence-electron chi connectivity index (χ3n) is 4.64. The van der Waals surface area contributed by atoms with Gasteiger partial charge in [0.2, 0.25) is 5.91 Å². The molecule has 1 aromatic heterocycles. The molecule has 1 N–H and O–H groups in total. The van der Waals surface area contributed by atoms with Crippen molar-refractivity contribution >= 4 is 29.0 Å². The first kappa shape index (κ1) is 20.9. The van der Waals surface area contributed by atoms with Crippen molar-refractivity contribution in [3.05, 3.63) is 53.6 Å². The number of carbonyl (C=O) groups excluding carboxylic acids is 1. The molecule has 0 bridgehead atoms. The summed E-state index contributed by atoms with van der Waals surface area (Å²) in [5, 5.41) is 12.4. The standard InChI is InChI=1S/C22H27N5OS/c1-6-27-21(17-9-7-8-15(2)12-17)24-25-22(27)29-14-20(28)23-19-11-10-18(26(4)5)13-16(19)3/h7-13H,6,14H2,1-5H3,(H,23,28). The molecular weight excluding hydrogens is 382 g/mol. The van der Waals surface area contributed by atoms with Gasteiger partial charge in [-0.15, -0.1) is 10.2 Å². The molecule has 0 aliphatic heterocycles. The fourth-order valence-corrected chi connectivity index (χ4v) is 3.86. The molecule has 0 saturated carbocycles. The Labute approximate surface area is 176 Å².